The van der Waals surface area contributed by atoms with E-state index in [1.807, 2.05) is 0 Å². The number of morpholine rings is 1. The molecule has 88 valence electrons. The Morgan fingerprint density at radius 1 is 1.73 bits per heavy atom. The van der Waals surface area contributed by atoms with Crippen molar-refractivity contribution in [1.82, 2.24) is 4.90 Å². The zero-order chi connectivity index (χ0) is 11.3. The largest absolute Gasteiger partial charge is 0.468 e. The van der Waals surface area contributed by atoms with E-state index < -0.39 is 6.04 Å². The van der Waals surface area contributed by atoms with E-state index in [0.29, 0.717) is 19.2 Å². The first-order valence-electron chi connectivity index (χ1n) is 5.34. The Labute approximate surface area is 90.5 Å². The zero-order valence-corrected chi connectivity index (χ0v) is 9.44. The summed E-state index contributed by atoms with van der Waals surface area (Å²) in [6.45, 7) is 4.93. The number of rotatable bonds is 4. The lowest BCUT2D eigenvalue weighted by molar-refractivity contribution is -0.143. The standard InChI is InChI=1S/C10H20N2O3/c1-3-8-7-15-5-4-12(8)6-9(11)10(13)14-2/h8-9H,3-7,11H2,1-2H3. The van der Waals surface area contributed by atoms with Gasteiger partial charge in [0.05, 0.1) is 20.3 Å². The van der Waals surface area contributed by atoms with Crippen LogP contribution in [0.1, 0.15) is 13.3 Å². The van der Waals surface area contributed by atoms with Crippen LogP contribution in [0.4, 0.5) is 0 Å². The van der Waals surface area contributed by atoms with Crippen LogP contribution in [0.25, 0.3) is 0 Å². The van der Waals surface area contributed by atoms with Crippen molar-refractivity contribution in [2.45, 2.75) is 25.4 Å². The second-order valence-corrected chi connectivity index (χ2v) is 3.76. The van der Waals surface area contributed by atoms with E-state index in [2.05, 4.69) is 16.6 Å². The molecule has 0 aromatic heterocycles. The van der Waals surface area contributed by atoms with Crippen LogP contribution in [0.2, 0.25) is 0 Å². The molecule has 1 aliphatic heterocycles. The summed E-state index contributed by atoms with van der Waals surface area (Å²) < 4.78 is 9.97. The second-order valence-electron chi connectivity index (χ2n) is 3.76. The molecule has 0 radical (unpaired) electrons. The second kappa shape index (κ2) is 6.05. The summed E-state index contributed by atoms with van der Waals surface area (Å²) in [5, 5.41) is 0. The fourth-order valence-corrected chi connectivity index (χ4v) is 1.78. The number of carbonyl (C=O) groups is 1. The molecule has 0 aliphatic carbocycles. The highest BCUT2D eigenvalue weighted by Gasteiger charge is 2.25. The van der Waals surface area contributed by atoms with Crippen molar-refractivity contribution >= 4 is 5.97 Å². The van der Waals surface area contributed by atoms with E-state index in [-0.39, 0.29) is 5.97 Å². The fraction of sp³-hybridized carbons (Fsp3) is 0.900. The summed E-state index contributed by atoms with van der Waals surface area (Å²) in [6, 6.07) is -0.184. The van der Waals surface area contributed by atoms with Gasteiger partial charge < -0.3 is 15.2 Å². The maximum atomic E-state index is 11.2. The molecule has 1 aliphatic rings. The molecule has 1 rings (SSSR count). The molecular formula is C10H20N2O3. The van der Waals surface area contributed by atoms with Gasteiger partial charge in [-0.3, -0.25) is 9.69 Å². The minimum atomic E-state index is -0.554. The number of carbonyl (C=O) groups excluding carboxylic acids is 1. The molecule has 0 bridgehead atoms. The van der Waals surface area contributed by atoms with Gasteiger partial charge in [-0.15, -0.1) is 0 Å². The van der Waals surface area contributed by atoms with E-state index in [9.17, 15) is 4.79 Å². The normalized spacial score (nSPS) is 24.9. The molecule has 1 fully saturated rings. The molecule has 0 amide bonds. The Bertz CT molecular complexity index is 211. The van der Waals surface area contributed by atoms with Crippen molar-refractivity contribution < 1.29 is 14.3 Å². The number of methoxy groups -OCH3 is 1. The van der Waals surface area contributed by atoms with Crippen LogP contribution < -0.4 is 5.73 Å². The van der Waals surface area contributed by atoms with Gasteiger partial charge in [-0.2, -0.15) is 0 Å². The quantitative estimate of drug-likeness (QED) is 0.648. The van der Waals surface area contributed by atoms with Gasteiger partial charge in [-0.1, -0.05) is 6.92 Å². The third-order valence-electron chi connectivity index (χ3n) is 2.76. The van der Waals surface area contributed by atoms with Crippen LogP contribution in [0, 0.1) is 0 Å². The van der Waals surface area contributed by atoms with Crippen molar-refractivity contribution in [2.24, 2.45) is 5.73 Å². The van der Waals surface area contributed by atoms with E-state index in [1.165, 1.54) is 7.11 Å². The summed E-state index contributed by atoms with van der Waals surface area (Å²) in [7, 11) is 1.36. The molecule has 5 nitrogen and oxygen atoms in total. The van der Waals surface area contributed by atoms with Gasteiger partial charge in [0.2, 0.25) is 0 Å². The highest BCUT2D eigenvalue weighted by molar-refractivity contribution is 5.75. The first-order chi connectivity index (χ1) is 7.19. The van der Waals surface area contributed by atoms with Crippen LogP contribution in [-0.2, 0) is 14.3 Å². The summed E-state index contributed by atoms with van der Waals surface area (Å²) in [4.78, 5) is 13.4. The molecule has 0 spiro atoms. The van der Waals surface area contributed by atoms with Crippen LogP contribution in [0.15, 0.2) is 0 Å². The van der Waals surface area contributed by atoms with Gasteiger partial charge >= 0.3 is 5.97 Å². The average Bonchev–Trinajstić information content (AvgIpc) is 2.28. The number of hydrogen-bond donors (Lipinski definition) is 1. The van der Waals surface area contributed by atoms with Crippen LogP contribution >= 0.6 is 0 Å². The Hall–Kier alpha value is -0.650. The molecule has 5 heteroatoms. The molecule has 1 saturated heterocycles. The SMILES string of the molecule is CCC1COCCN1CC(N)C(=O)OC. The van der Waals surface area contributed by atoms with Gasteiger partial charge in [0, 0.05) is 19.1 Å². The molecule has 2 atom stereocenters. The molecule has 2 unspecified atom stereocenters. The van der Waals surface area contributed by atoms with Crippen molar-refractivity contribution in [1.29, 1.82) is 0 Å². The molecule has 15 heavy (non-hydrogen) atoms. The monoisotopic (exact) mass is 216 g/mol. The Balaban J connectivity index is 2.43. The lowest BCUT2D eigenvalue weighted by Crippen LogP contribution is -2.52. The van der Waals surface area contributed by atoms with Gasteiger partial charge in [0.25, 0.3) is 0 Å². The fourth-order valence-electron chi connectivity index (χ4n) is 1.78. The lowest BCUT2D eigenvalue weighted by Gasteiger charge is -2.35. The maximum absolute atomic E-state index is 11.2. The van der Waals surface area contributed by atoms with E-state index in [1.54, 1.807) is 0 Å². The van der Waals surface area contributed by atoms with Crippen molar-refractivity contribution in [3.8, 4) is 0 Å². The number of ether oxygens (including phenoxy) is 2. The summed E-state index contributed by atoms with van der Waals surface area (Å²) in [6.07, 6.45) is 1.01. The predicted molar refractivity (Wildman–Crippen MR) is 56.5 cm³/mol. The molecule has 0 aromatic rings. The lowest BCUT2D eigenvalue weighted by atomic mass is 10.1. The number of nitrogens with two attached hydrogens (primary N) is 1. The van der Waals surface area contributed by atoms with Crippen LogP contribution in [-0.4, -0.2) is 56.4 Å². The third-order valence-corrected chi connectivity index (χ3v) is 2.76. The van der Waals surface area contributed by atoms with E-state index >= 15 is 0 Å². The molecule has 1 heterocycles. The Morgan fingerprint density at radius 2 is 2.47 bits per heavy atom. The van der Waals surface area contributed by atoms with E-state index in [0.717, 1.165) is 19.6 Å². The minimum Gasteiger partial charge on any atom is -0.468 e. The smallest absolute Gasteiger partial charge is 0.323 e. The molecule has 2 N–H and O–H groups in total. The van der Waals surface area contributed by atoms with Gasteiger partial charge in [-0.25, -0.2) is 0 Å². The first kappa shape index (κ1) is 12.4. The summed E-state index contributed by atoms with van der Waals surface area (Å²) in [5.74, 6) is -0.351. The topological polar surface area (TPSA) is 64.8 Å². The first-order valence-corrected chi connectivity index (χ1v) is 5.34. The Morgan fingerprint density at radius 3 is 3.07 bits per heavy atom. The number of esters is 1. The summed E-state index contributed by atoms with van der Waals surface area (Å²) >= 11 is 0. The maximum Gasteiger partial charge on any atom is 0.323 e. The molecular weight excluding hydrogens is 196 g/mol. The average molecular weight is 216 g/mol. The molecule has 0 aromatic carbocycles. The molecule has 0 saturated carbocycles. The number of hydrogen-bond acceptors (Lipinski definition) is 5. The predicted octanol–water partition coefficient (Wildman–Crippen LogP) is -0.402. The van der Waals surface area contributed by atoms with Crippen LogP contribution in [0.3, 0.4) is 0 Å². The summed E-state index contributed by atoms with van der Waals surface area (Å²) in [5.41, 5.74) is 5.72. The van der Waals surface area contributed by atoms with Gasteiger partial charge in [0.15, 0.2) is 0 Å². The van der Waals surface area contributed by atoms with Gasteiger partial charge in [-0.05, 0) is 6.42 Å². The highest BCUT2D eigenvalue weighted by Crippen LogP contribution is 2.10. The third kappa shape index (κ3) is 3.44. The van der Waals surface area contributed by atoms with Gasteiger partial charge in [0.1, 0.15) is 6.04 Å². The van der Waals surface area contributed by atoms with Crippen molar-refractivity contribution in [2.75, 3.05) is 33.4 Å². The Kier molecular flexibility index (Phi) is 5.01. The van der Waals surface area contributed by atoms with Crippen LogP contribution in [0.5, 0.6) is 0 Å². The van der Waals surface area contributed by atoms with Crippen molar-refractivity contribution in [3.63, 3.8) is 0 Å². The van der Waals surface area contributed by atoms with E-state index in [4.69, 9.17) is 10.5 Å². The van der Waals surface area contributed by atoms with Crippen molar-refractivity contribution in [3.05, 3.63) is 0 Å². The zero-order valence-electron chi connectivity index (χ0n) is 9.44. The number of nitrogens with zero attached hydrogens (tertiary/aromatic N) is 1. The minimum absolute atomic E-state index is 0.351. The highest BCUT2D eigenvalue weighted by atomic mass is 16.5.